The van der Waals surface area contributed by atoms with E-state index in [1.807, 2.05) is 29.2 Å². The number of aromatic nitrogens is 2. The Hall–Kier alpha value is -5.15. The van der Waals surface area contributed by atoms with Gasteiger partial charge in [-0.3, -0.25) is 4.79 Å². The van der Waals surface area contributed by atoms with Crippen LogP contribution in [0, 0.1) is 6.92 Å². The number of rotatable bonds is 5. The molecule has 44 heavy (non-hydrogen) atoms. The van der Waals surface area contributed by atoms with Gasteiger partial charge in [0.25, 0.3) is 0 Å². The molecule has 0 saturated heterocycles. The summed E-state index contributed by atoms with van der Waals surface area (Å²) >= 11 is 0. The number of benzene rings is 2. The zero-order valence-corrected chi connectivity index (χ0v) is 22.7. The van der Waals surface area contributed by atoms with E-state index >= 15 is 0 Å². The molecule has 10 nitrogen and oxygen atoms in total. The second kappa shape index (κ2) is 11.9. The molecule has 0 fully saturated rings. The third-order valence-corrected chi connectivity index (χ3v) is 6.47. The Morgan fingerprint density at radius 1 is 1.02 bits per heavy atom. The highest BCUT2D eigenvalue weighted by Crippen LogP contribution is 2.34. The molecule has 0 bridgehead atoms. The van der Waals surface area contributed by atoms with E-state index in [0.717, 1.165) is 22.9 Å². The maximum atomic E-state index is 13.1. The molecule has 1 aliphatic heterocycles. The summed E-state index contributed by atoms with van der Waals surface area (Å²) in [6, 6.07) is 12.2. The van der Waals surface area contributed by atoms with Crippen molar-refractivity contribution in [3.63, 3.8) is 0 Å². The number of aryl methyl sites for hydroxylation is 1. The fraction of sp³-hybridized carbons (Fsp3) is 0.250. The van der Waals surface area contributed by atoms with E-state index in [1.54, 1.807) is 26.0 Å². The number of nitrogens with one attached hydrogen (secondary N) is 1. The summed E-state index contributed by atoms with van der Waals surface area (Å²) in [4.78, 5) is 42.0. The topological polar surface area (TPSA) is 146 Å². The van der Waals surface area contributed by atoms with Crippen molar-refractivity contribution in [2.45, 2.75) is 45.3 Å². The van der Waals surface area contributed by atoms with E-state index in [1.165, 1.54) is 6.07 Å². The number of hydrogen-bond acceptors (Lipinski definition) is 8. The molecule has 3 N–H and O–H groups in total. The van der Waals surface area contributed by atoms with Crippen LogP contribution in [0.5, 0.6) is 0 Å². The van der Waals surface area contributed by atoms with Crippen LogP contribution in [0.4, 0.5) is 37.9 Å². The molecule has 1 unspecified atom stereocenters. The number of carboxylic acid groups (broad SMARTS) is 2. The maximum absolute atomic E-state index is 13.1. The fourth-order valence-electron chi connectivity index (χ4n) is 4.49. The summed E-state index contributed by atoms with van der Waals surface area (Å²) in [5.74, 6) is -5.56. The molecule has 2 aromatic heterocycles. The second-order valence-electron chi connectivity index (χ2n) is 9.73. The van der Waals surface area contributed by atoms with Gasteiger partial charge < -0.3 is 24.8 Å². The lowest BCUT2D eigenvalue weighted by atomic mass is 10.0. The molecule has 2 aromatic carbocycles. The molecular weight excluding hydrogens is 602 g/mol. The van der Waals surface area contributed by atoms with E-state index in [-0.39, 0.29) is 11.1 Å². The van der Waals surface area contributed by atoms with Crippen LogP contribution >= 0.6 is 0 Å². The molecule has 3 heterocycles. The van der Waals surface area contributed by atoms with E-state index in [9.17, 15) is 41.0 Å². The molecule has 5 rings (SSSR count). The molecule has 0 spiro atoms. The number of aromatic carboxylic acids is 1. The standard InChI is InChI=1S/C26H21F3N4O4.C2HF3O2/c1-13-7-17(14(2)31-19-10-30-25(26(27,28)29)32-22(19)24(35)36)23-18(8-13)20(34)9-21(37-23)33-11-15-5-3-4-6-16(15)12-33;3-2(4,5)1(6)7/h3-10,14,31H,11-12H2,1-2H3,(H,35,36);(H,6,7). The number of fused-ring (bicyclic) bond motifs is 2. The van der Waals surface area contributed by atoms with Crippen LogP contribution in [-0.2, 0) is 24.1 Å². The van der Waals surface area contributed by atoms with Gasteiger partial charge in [-0.1, -0.05) is 30.3 Å². The minimum Gasteiger partial charge on any atom is -0.476 e. The summed E-state index contributed by atoms with van der Waals surface area (Å²) in [5.41, 5.74) is 2.59. The van der Waals surface area contributed by atoms with Gasteiger partial charge in [0.05, 0.1) is 23.3 Å². The van der Waals surface area contributed by atoms with Crippen molar-refractivity contribution in [2.75, 3.05) is 10.2 Å². The second-order valence-corrected chi connectivity index (χ2v) is 9.73. The van der Waals surface area contributed by atoms with Crippen LogP contribution in [0.15, 0.2) is 57.9 Å². The Morgan fingerprint density at radius 3 is 2.14 bits per heavy atom. The maximum Gasteiger partial charge on any atom is 0.490 e. The Morgan fingerprint density at radius 2 is 1.61 bits per heavy atom. The number of halogens is 6. The van der Waals surface area contributed by atoms with E-state index < -0.39 is 41.9 Å². The Labute approximate surface area is 243 Å². The van der Waals surface area contributed by atoms with E-state index in [4.69, 9.17) is 14.3 Å². The number of carboxylic acids is 2. The molecular formula is C28H22F6N4O6. The van der Waals surface area contributed by atoms with Gasteiger partial charge in [0.2, 0.25) is 11.7 Å². The van der Waals surface area contributed by atoms with Crippen molar-refractivity contribution in [1.29, 1.82) is 0 Å². The molecule has 0 radical (unpaired) electrons. The van der Waals surface area contributed by atoms with Crippen LogP contribution < -0.4 is 15.6 Å². The van der Waals surface area contributed by atoms with Crippen molar-refractivity contribution in [2.24, 2.45) is 0 Å². The summed E-state index contributed by atoms with van der Waals surface area (Å²) in [6.45, 7) is 4.62. The Kier molecular flexibility index (Phi) is 8.56. The van der Waals surface area contributed by atoms with Gasteiger partial charge >= 0.3 is 24.3 Å². The van der Waals surface area contributed by atoms with Gasteiger partial charge in [-0.25, -0.2) is 19.6 Å². The van der Waals surface area contributed by atoms with Crippen LogP contribution in [0.2, 0.25) is 0 Å². The summed E-state index contributed by atoms with van der Waals surface area (Å²) in [7, 11) is 0. The quantitative estimate of drug-likeness (QED) is 0.228. The van der Waals surface area contributed by atoms with Crippen molar-refractivity contribution < 1.29 is 50.6 Å². The number of hydrogen-bond donors (Lipinski definition) is 3. The van der Waals surface area contributed by atoms with Gasteiger partial charge in [0.15, 0.2) is 11.1 Å². The number of anilines is 2. The van der Waals surface area contributed by atoms with Crippen molar-refractivity contribution >= 4 is 34.5 Å². The number of nitrogens with zero attached hydrogens (tertiary/aromatic N) is 3. The van der Waals surface area contributed by atoms with Crippen LogP contribution in [0.25, 0.3) is 11.0 Å². The zero-order chi connectivity index (χ0) is 32.6. The first-order valence-corrected chi connectivity index (χ1v) is 12.6. The number of aliphatic carboxylic acids is 1. The highest BCUT2D eigenvalue weighted by molar-refractivity contribution is 5.92. The van der Waals surface area contributed by atoms with Gasteiger partial charge in [0.1, 0.15) is 5.58 Å². The Bertz CT molecular complexity index is 1780. The SMILES string of the molecule is Cc1cc(C(C)Nc2cnc(C(F)(F)F)nc2C(=O)O)c2oc(N3Cc4ccccc4C3)cc(=O)c2c1.O=C(O)C(F)(F)F. The molecule has 4 aromatic rings. The minimum atomic E-state index is -5.08. The highest BCUT2D eigenvalue weighted by Gasteiger charge is 2.38. The lowest BCUT2D eigenvalue weighted by Crippen LogP contribution is -2.21. The van der Waals surface area contributed by atoms with Crippen LogP contribution in [0.1, 0.15) is 51.5 Å². The molecule has 232 valence electrons. The molecule has 0 aliphatic carbocycles. The molecule has 1 atom stereocenters. The predicted molar refractivity (Wildman–Crippen MR) is 143 cm³/mol. The van der Waals surface area contributed by atoms with Gasteiger partial charge in [0, 0.05) is 24.7 Å². The normalized spacial score (nSPS) is 13.6. The van der Waals surface area contributed by atoms with Crippen molar-refractivity contribution in [3.8, 4) is 0 Å². The predicted octanol–water partition coefficient (Wildman–Crippen LogP) is 5.94. The van der Waals surface area contributed by atoms with Crippen LogP contribution in [-0.4, -0.2) is 38.3 Å². The first-order chi connectivity index (χ1) is 20.5. The summed E-state index contributed by atoms with van der Waals surface area (Å²) in [6.07, 6.45) is -9.19. The Balaban J connectivity index is 0.000000566. The molecule has 16 heteroatoms. The first-order valence-electron chi connectivity index (χ1n) is 12.6. The van der Waals surface area contributed by atoms with Gasteiger partial charge in [-0.05, 0) is 36.6 Å². The highest BCUT2D eigenvalue weighted by atomic mass is 19.4. The third-order valence-electron chi connectivity index (χ3n) is 6.47. The average molecular weight is 624 g/mol. The van der Waals surface area contributed by atoms with Crippen molar-refractivity contribution in [1.82, 2.24) is 9.97 Å². The lowest BCUT2D eigenvalue weighted by molar-refractivity contribution is -0.192. The third kappa shape index (κ3) is 6.90. The van der Waals surface area contributed by atoms with Crippen molar-refractivity contribution in [3.05, 3.63) is 92.7 Å². The zero-order valence-electron chi connectivity index (χ0n) is 22.7. The average Bonchev–Trinajstić information content (AvgIpc) is 3.37. The van der Waals surface area contributed by atoms with E-state index in [2.05, 4.69) is 15.3 Å². The first kappa shape index (κ1) is 31.8. The molecule has 1 aliphatic rings. The monoisotopic (exact) mass is 624 g/mol. The summed E-state index contributed by atoms with van der Waals surface area (Å²) in [5, 5.41) is 19.8. The summed E-state index contributed by atoms with van der Waals surface area (Å²) < 4.78 is 77.0. The molecule has 0 saturated carbocycles. The number of carbonyl (C=O) groups is 2. The minimum absolute atomic E-state index is 0.198. The molecule has 0 amide bonds. The fourth-order valence-corrected chi connectivity index (χ4v) is 4.49. The van der Waals surface area contributed by atoms with Gasteiger partial charge in [-0.2, -0.15) is 26.3 Å². The lowest BCUT2D eigenvalue weighted by Gasteiger charge is -2.21. The largest absolute Gasteiger partial charge is 0.490 e. The van der Waals surface area contributed by atoms with E-state index in [0.29, 0.717) is 35.5 Å². The number of alkyl halides is 6. The van der Waals surface area contributed by atoms with Crippen LogP contribution in [0.3, 0.4) is 0 Å². The smallest absolute Gasteiger partial charge is 0.476 e. The van der Waals surface area contributed by atoms with Gasteiger partial charge in [-0.15, -0.1) is 0 Å².